The summed E-state index contributed by atoms with van der Waals surface area (Å²) >= 11 is 5.86. The summed E-state index contributed by atoms with van der Waals surface area (Å²) in [6.07, 6.45) is -1.12. The highest BCUT2D eigenvalue weighted by atomic mass is 35.5. The molecule has 2 aromatic rings. The number of anilines is 2. The van der Waals surface area contributed by atoms with E-state index in [1.807, 2.05) is 0 Å². The van der Waals surface area contributed by atoms with E-state index in [0.29, 0.717) is 16.4 Å². The fourth-order valence-corrected chi connectivity index (χ4v) is 2.47. The zero-order valence-electron chi connectivity index (χ0n) is 14.9. The monoisotopic (exact) mass is 391 g/mol. The molecule has 2 aromatic carbocycles. The average molecular weight is 392 g/mol. The predicted molar refractivity (Wildman–Crippen MR) is 102 cm³/mol. The van der Waals surface area contributed by atoms with Crippen LogP contribution >= 0.6 is 11.6 Å². The molecule has 27 heavy (non-hydrogen) atoms. The van der Waals surface area contributed by atoms with Crippen molar-refractivity contribution in [1.29, 1.82) is 0 Å². The molecule has 0 spiro atoms. The minimum Gasteiger partial charge on any atom is -0.449 e. The van der Waals surface area contributed by atoms with Crippen LogP contribution in [0.5, 0.6) is 0 Å². The van der Waals surface area contributed by atoms with Gasteiger partial charge in [-0.3, -0.25) is 14.9 Å². The van der Waals surface area contributed by atoms with Gasteiger partial charge in [0.1, 0.15) is 0 Å². The molecule has 8 nitrogen and oxygen atoms in total. The number of amides is 1. The molecule has 1 atom stereocenters. The Balaban J connectivity index is 2.16. The summed E-state index contributed by atoms with van der Waals surface area (Å²) < 4.78 is 5.19. The number of carbonyl (C=O) groups excluding carboxylic acids is 2. The first-order valence-electron chi connectivity index (χ1n) is 7.92. The number of ether oxygens (including phenoxy) is 1. The third-order valence-electron chi connectivity index (χ3n) is 3.64. The van der Waals surface area contributed by atoms with E-state index in [2.05, 4.69) is 5.32 Å². The van der Waals surface area contributed by atoms with Crippen molar-refractivity contribution in [2.45, 2.75) is 13.0 Å². The van der Waals surface area contributed by atoms with Crippen LogP contribution in [0.2, 0.25) is 5.02 Å². The van der Waals surface area contributed by atoms with E-state index >= 15 is 0 Å². The molecule has 1 N–H and O–H groups in total. The van der Waals surface area contributed by atoms with Crippen LogP contribution in [0.15, 0.2) is 42.5 Å². The third kappa shape index (κ3) is 5.18. The Hall–Kier alpha value is -3.13. The molecule has 2 rings (SSSR count). The summed E-state index contributed by atoms with van der Waals surface area (Å²) in [5.74, 6) is -1.39. The fraction of sp³-hybridized carbons (Fsp3) is 0.222. The normalized spacial score (nSPS) is 11.4. The summed E-state index contributed by atoms with van der Waals surface area (Å²) in [7, 11) is 3.38. The maximum absolute atomic E-state index is 12.5. The number of rotatable bonds is 6. The van der Waals surface area contributed by atoms with Gasteiger partial charge in [-0.15, -0.1) is 0 Å². The van der Waals surface area contributed by atoms with Gasteiger partial charge >= 0.3 is 5.97 Å². The van der Waals surface area contributed by atoms with Crippen LogP contribution < -0.4 is 10.2 Å². The molecular formula is C18H18ClN3O5. The maximum Gasteiger partial charge on any atom is 0.341 e. The zero-order valence-corrected chi connectivity index (χ0v) is 15.7. The van der Waals surface area contributed by atoms with Crippen LogP contribution in [0.1, 0.15) is 17.3 Å². The minimum atomic E-state index is -1.12. The summed E-state index contributed by atoms with van der Waals surface area (Å²) in [6.45, 7) is 1.41. The zero-order chi connectivity index (χ0) is 20.1. The largest absolute Gasteiger partial charge is 0.449 e. The summed E-state index contributed by atoms with van der Waals surface area (Å²) in [6, 6.07) is 10.4. The number of hydrogen-bond acceptors (Lipinski definition) is 6. The van der Waals surface area contributed by atoms with Gasteiger partial charge < -0.3 is 15.0 Å². The van der Waals surface area contributed by atoms with E-state index in [0.717, 1.165) is 6.07 Å². The van der Waals surface area contributed by atoms with Crippen molar-refractivity contribution in [2.24, 2.45) is 0 Å². The van der Waals surface area contributed by atoms with Crippen molar-refractivity contribution >= 4 is 40.5 Å². The molecule has 0 aliphatic heterocycles. The number of carbonyl (C=O) groups is 2. The minimum absolute atomic E-state index is 0.00314. The lowest BCUT2D eigenvalue weighted by atomic mass is 10.1. The van der Waals surface area contributed by atoms with Gasteiger partial charge in [-0.2, -0.15) is 0 Å². The number of nitro groups is 1. The first kappa shape index (κ1) is 20.2. The molecule has 0 fully saturated rings. The number of nitro benzene ring substituents is 1. The molecular weight excluding hydrogens is 374 g/mol. The van der Waals surface area contributed by atoms with Gasteiger partial charge in [-0.25, -0.2) is 4.79 Å². The summed E-state index contributed by atoms with van der Waals surface area (Å²) in [4.78, 5) is 36.7. The van der Waals surface area contributed by atoms with Gasteiger partial charge in [0.25, 0.3) is 11.6 Å². The van der Waals surface area contributed by atoms with Crippen molar-refractivity contribution in [1.82, 2.24) is 0 Å². The lowest BCUT2D eigenvalue weighted by Crippen LogP contribution is -2.30. The molecule has 0 aliphatic carbocycles. The van der Waals surface area contributed by atoms with E-state index in [9.17, 15) is 19.7 Å². The van der Waals surface area contributed by atoms with E-state index < -0.39 is 22.9 Å². The number of hydrogen-bond donors (Lipinski definition) is 1. The number of nitrogens with one attached hydrogen (secondary N) is 1. The second kappa shape index (κ2) is 8.50. The van der Waals surface area contributed by atoms with Gasteiger partial charge in [0.05, 0.1) is 16.2 Å². The molecule has 0 saturated carbocycles. The second-order valence-electron chi connectivity index (χ2n) is 5.90. The predicted octanol–water partition coefficient (Wildman–Crippen LogP) is 3.50. The molecule has 0 heterocycles. The molecule has 1 amide bonds. The Kier molecular flexibility index (Phi) is 6.36. The summed E-state index contributed by atoms with van der Waals surface area (Å²) in [5.41, 5.74) is 0.646. The van der Waals surface area contributed by atoms with Crippen LogP contribution in [0.4, 0.5) is 17.1 Å². The molecule has 142 valence electrons. The van der Waals surface area contributed by atoms with Crippen molar-refractivity contribution in [3.05, 3.63) is 63.2 Å². The molecule has 0 unspecified atom stereocenters. The van der Waals surface area contributed by atoms with Crippen molar-refractivity contribution < 1.29 is 19.2 Å². The number of non-ortho nitro benzene ring substituents is 1. The quantitative estimate of drug-likeness (QED) is 0.459. The summed E-state index contributed by atoms with van der Waals surface area (Å²) in [5, 5.41) is 14.0. The lowest BCUT2D eigenvalue weighted by molar-refractivity contribution is -0.384. The van der Waals surface area contributed by atoms with Crippen molar-refractivity contribution in [3.8, 4) is 0 Å². The Bertz CT molecular complexity index is 885. The van der Waals surface area contributed by atoms with Gasteiger partial charge in [-0.1, -0.05) is 17.7 Å². The van der Waals surface area contributed by atoms with E-state index in [1.54, 1.807) is 43.3 Å². The Morgan fingerprint density at radius 1 is 1.22 bits per heavy atom. The number of esters is 1. The van der Waals surface area contributed by atoms with Crippen molar-refractivity contribution in [3.63, 3.8) is 0 Å². The van der Waals surface area contributed by atoms with E-state index in [4.69, 9.17) is 16.3 Å². The van der Waals surface area contributed by atoms with Gasteiger partial charge in [-0.05, 0) is 31.2 Å². The highest BCUT2D eigenvalue weighted by molar-refractivity contribution is 6.30. The molecule has 0 radical (unpaired) electrons. The Morgan fingerprint density at radius 3 is 2.52 bits per heavy atom. The molecule has 0 bridgehead atoms. The van der Waals surface area contributed by atoms with Crippen LogP contribution in [0.3, 0.4) is 0 Å². The van der Waals surface area contributed by atoms with Crippen molar-refractivity contribution in [2.75, 3.05) is 24.3 Å². The van der Waals surface area contributed by atoms with Crippen LogP contribution in [-0.4, -0.2) is 37.0 Å². The van der Waals surface area contributed by atoms with E-state index in [1.165, 1.54) is 19.1 Å². The smallest absolute Gasteiger partial charge is 0.341 e. The van der Waals surface area contributed by atoms with Crippen LogP contribution in [0.25, 0.3) is 0 Å². The lowest BCUT2D eigenvalue weighted by Gasteiger charge is -2.18. The number of nitrogens with zero attached hydrogens (tertiary/aromatic N) is 2. The Morgan fingerprint density at radius 2 is 1.93 bits per heavy atom. The Labute approximate surface area is 160 Å². The molecule has 0 saturated heterocycles. The number of benzene rings is 2. The molecule has 9 heteroatoms. The molecule has 0 aromatic heterocycles. The average Bonchev–Trinajstić information content (AvgIpc) is 2.60. The van der Waals surface area contributed by atoms with Crippen LogP contribution in [-0.2, 0) is 9.53 Å². The van der Waals surface area contributed by atoms with Gasteiger partial charge in [0.2, 0.25) is 0 Å². The van der Waals surface area contributed by atoms with Crippen LogP contribution in [0, 0.1) is 10.1 Å². The number of halogens is 1. The maximum atomic E-state index is 12.5. The topological polar surface area (TPSA) is 102 Å². The van der Waals surface area contributed by atoms with E-state index in [-0.39, 0.29) is 11.3 Å². The standard InChI is InChI=1S/C18H18ClN3O5/c1-11(17(23)20-13-6-4-5-12(19)9-13)27-18(24)15-10-14(22(25)26)7-8-16(15)21(2)3/h4-11H,1-3H3,(H,20,23)/t11-/m1/s1. The highest BCUT2D eigenvalue weighted by Crippen LogP contribution is 2.25. The van der Waals surface area contributed by atoms with Gasteiger partial charge in [0.15, 0.2) is 6.10 Å². The first-order chi connectivity index (χ1) is 12.7. The SMILES string of the molecule is C[C@@H](OC(=O)c1cc([N+](=O)[O-])ccc1N(C)C)C(=O)Nc1cccc(Cl)c1. The fourth-order valence-electron chi connectivity index (χ4n) is 2.28. The molecule has 0 aliphatic rings. The second-order valence-corrected chi connectivity index (χ2v) is 6.34. The first-order valence-corrected chi connectivity index (χ1v) is 8.30. The highest BCUT2D eigenvalue weighted by Gasteiger charge is 2.24. The van der Waals surface area contributed by atoms with Gasteiger partial charge in [0, 0.05) is 36.9 Å². The third-order valence-corrected chi connectivity index (χ3v) is 3.87.